The molecule has 57 heavy (non-hydrogen) atoms. The number of carbonyl (C=O) groups excluding carboxylic acids is 8. The van der Waals surface area contributed by atoms with Gasteiger partial charge in [-0.1, -0.05) is 53.7 Å². The highest BCUT2D eigenvalue weighted by molar-refractivity contribution is 5.89. The van der Waals surface area contributed by atoms with E-state index in [4.69, 9.17) is 37.9 Å². The standard InChI is InChI=1S/C39H50N2O16/c1-9-28(42)50-19-38(20-51-29(43)10-2,21-52-30(44)11-3)22-55-35(49)41-26-15-36(6,7)17-37(8,16-26)18-40-34(48)56-25-39(23-53-31(45)12-4,24-54-32(46)13-5)27-14-33(47)57-27/h9-14,26H,1-5,15-25H2,6-8H3,(H,40,48)(H,41,49). The summed E-state index contributed by atoms with van der Waals surface area (Å²) in [7, 11) is 0. The van der Waals surface area contributed by atoms with Crippen LogP contribution in [0, 0.1) is 21.7 Å². The number of rotatable bonds is 23. The summed E-state index contributed by atoms with van der Waals surface area (Å²) in [5, 5.41) is 5.54. The third-order valence-electron chi connectivity index (χ3n) is 8.77. The topological polar surface area (TPSA) is 234 Å². The molecule has 1 fully saturated rings. The Morgan fingerprint density at radius 3 is 1.47 bits per heavy atom. The molecule has 0 bridgehead atoms. The number of amides is 2. The lowest BCUT2D eigenvalue weighted by Gasteiger charge is -2.46. The Hall–Kier alpha value is -6.20. The van der Waals surface area contributed by atoms with Gasteiger partial charge in [0.15, 0.2) is 0 Å². The van der Waals surface area contributed by atoms with Crippen molar-refractivity contribution in [3.05, 3.63) is 75.1 Å². The summed E-state index contributed by atoms with van der Waals surface area (Å²) in [4.78, 5) is 97.5. The van der Waals surface area contributed by atoms with Crippen molar-refractivity contribution in [2.45, 2.75) is 46.1 Å². The predicted molar refractivity (Wildman–Crippen MR) is 198 cm³/mol. The van der Waals surface area contributed by atoms with Gasteiger partial charge in [0, 0.05) is 43.0 Å². The van der Waals surface area contributed by atoms with Gasteiger partial charge in [-0.15, -0.1) is 0 Å². The summed E-state index contributed by atoms with van der Waals surface area (Å²) >= 11 is 0. The number of ether oxygens (including phenoxy) is 8. The molecule has 2 atom stereocenters. The first-order valence-corrected chi connectivity index (χ1v) is 17.5. The van der Waals surface area contributed by atoms with E-state index in [0.29, 0.717) is 19.3 Å². The number of cyclic esters (lactones) is 1. The van der Waals surface area contributed by atoms with E-state index in [2.05, 4.69) is 43.5 Å². The van der Waals surface area contributed by atoms with Gasteiger partial charge in [-0.2, -0.15) is 0 Å². The van der Waals surface area contributed by atoms with E-state index >= 15 is 0 Å². The van der Waals surface area contributed by atoms with Gasteiger partial charge in [0.2, 0.25) is 0 Å². The fraction of sp³-hybridized carbons (Fsp3) is 0.487. The minimum Gasteiger partial charge on any atom is -0.462 e. The second kappa shape index (κ2) is 21.2. The van der Waals surface area contributed by atoms with Crippen LogP contribution in [0.1, 0.15) is 40.0 Å². The van der Waals surface area contributed by atoms with Crippen molar-refractivity contribution in [2.75, 3.05) is 52.8 Å². The minimum atomic E-state index is -1.58. The van der Waals surface area contributed by atoms with Crippen LogP contribution in [0.3, 0.4) is 0 Å². The van der Waals surface area contributed by atoms with Crippen LogP contribution in [-0.2, 0) is 66.7 Å². The molecule has 1 aliphatic heterocycles. The highest BCUT2D eigenvalue weighted by Gasteiger charge is 2.47. The maximum Gasteiger partial charge on any atom is 0.407 e. The third-order valence-corrected chi connectivity index (χ3v) is 8.77. The first-order valence-electron chi connectivity index (χ1n) is 17.5. The molecule has 18 heteroatoms. The lowest BCUT2D eigenvalue weighted by Crippen LogP contribution is -2.51. The van der Waals surface area contributed by atoms with Crippen molar-refractivity contribution < 1.29 is 76.3 Å². The number of esters is 6. The molecular formula is C39H50N2O16. The van der Waals surface area contributed by atoms with Gasteiger partial charge in [-0.25, -0.2) is 38.4 Å². The van der Waals surface area contributed by atoms with E-state index in [1.165, 1.54) is 0 Å². The Balaban J connectivity index is 2.16. The zero-order valence-electron chi connectivity index (χ0n) is 32.4. The summed E-state index contributed by atoms with van der Waals surface area (Å²) in [5.41, 5.74) is -4.08. The summed E-state index contributed by atoms with van der Waals surface area (Å²) < 4.78 is 41.9. The molecule has 1 saturated carbocycles. The maximum atomic E-state index is 13.2. The van der Waals surface area contributed by atoms with Crippen LogP contribution in [0.2, 0.25) is 0 Å². The van der Waals surface area contributed by atoms with Crippen LogP contribution < -0.4 is 10.6 Å². The van der Waals surface area contributed by atoms with E-state index in [-0.39, 0.29) is 17.7 Å². The normalized spacial score (nSPS) is 18.2. The number of carbonyl (C=O) groups is 8. The van der Waals surface area contributed by atoms with Crippen LogP contribution in [-0.4, -0.2) is 107 Å². The smallest absolute Gasteiger partial charge is 0.407 e. The fourth-order valence-electron chi connectivity index (χ4n) is 6.29. The number of hydrogen-bond donors (Lipinski definition) is 2. The molecule has 0 aromatic rings. The minimum absolute atomic E-state index is 0.0404. The van der Waals surface area contributed by atoms with Crippen LogP contribution in [0.25, 0.3) is 0 Å². The number of hydrogen-bond acceptors (Lipinski definition) is 16. The monoisotopic (exact) mass is 802 g/mol. The molecule has 2 aliphatic rings. The Morgan fingerprint density at radius 2 is 1.05 bits per heavy atom. The Morgan fingerprint density at radius 1 is 0.667 bits per heavy atom. The first kappa shape index (κ1) is 47.0. The molecule has 2 N–H and O–H groups in total. The van der Waals surface area contributed by atoms with Gasteiger partial charge < -0.3 is 48.5 Å². The quantitative estimate of drug-likeness (QED) is 0.0858. The first-order chi connectivity index (χ1) is 26.8. The van der Waals surface area contributed by atoms with E-state index in [9.17, 15) is 38.4 Å². The molecule has 0 aromatic heterocycles. The molecule has 2 amide bonds. The SMILES string of the molecule is C=CC(=O)OCC(COC(=O)C=C)(COC(=O)C=C)COC(=O)NC1CC(C)(C)CC(C)(CNC(=O)OCC(COC(=O)C=C)(COC(=O)C=C)C2=CC(=O)O2)C1. The maximum absolute atomic E-state index is 13.2. The van der Waals surface area contributed by atoms with Crippen LogP contribution in [0.4, 0.5) is 9.59 Å². The molecule has 0 aromatic carbocycles. The van der Waals surface area contributed by atoms with Gasteiger partial charge in [0.25, 0.3) is 0 Å². The molecule has 2 rings (SSSR count). The largest absolute Gasteiger partial charge is 0.462 e. The summed E-state index contributed by atoms with van der Waals surface area (Å²) in [6.07, 6.45) is 5.27. The van der Waals surface area contributed by atoms with Gasteiger partial charge in [-0.05, 0) is 30.1 Å². The van der Waals surface area contributed by atoms with Crippen molar-refractivity contribution in [2.24, 2.45) is 21.7 Å². The lowest BCUT2D eigenvalue weighted by atomic mass is 9.62. The second-order valence-electron chi connectivity index (χ2n) is 14.7. The Labute approximate surface area is 330 Å². The van der Waals surface area contributed by atoms with Crippen molar-refractivity contribution in [1.29, 1.82) is 0 Å². The van der Waals surface area contributed by atoms with Crippen molar-refractivity contribution >= 4 is 48.0 Å². The average molecular weight is 803 g/mol. The molecule has 0 saturated heterocycles. The molecule has 312 valence electrons. The molecule has 0 radical (unpaired) electrons. The molecule has 1 heterocycles. The molecule has 2 unspecified atom stereocenters. The van der Waals surface area contributed by atoms with Gasteiger partial charge in [0.05, 0.1) is 6.08 Å². The summed E-state index contributed by atoms with van der Waals surface area (Å²) in [6.45, 7) is 19.0. The van der Waals surface area contributed by atoms with Crippen molar-refractivity contribution in [3.63, 3.8) is 0 Å². The fourth-order valence-corrected chi connectivity index (χ4v) is 6.29. The molecule has 18 nitrogen and oxygen atoms in total. The van der Waals surface area contributed by atoms with Crippen molar-refractivity contribution in [1.82, 2.24) is 10.6 Å². The zero-order valence-corrected chi connectivity index (χ0v) is 32.4. The Bertz CT molecular complexity index is 1560. The number of alkyl carbamates (subject to hydrolysis) is 2. The van der Waals surface area contributed by atoms with Crippen LogP contribution in [0.5, 0.6) is 0 Å². The van der Waals surface area contributed by atoms with E-state index in [1.54, 1.807) is 0 Å². The highest BCUT2D eigenvalue weighted by Crippen LogP contribution is 2.46. The van der Waals surface area contributed by atoms with Crippen molar-refractivity contribution in [3.8, 4) is 0 Å². The predicted octanol–water partition coefficient (Wildman–Crippen LogP) is 3.08. The van der Waals surface area contributed by atoms with E-state index in [1.807, 2.05) is 20.8 Å². The summed E-state index contributed by atoms with van der Waals surface area (Å²) in [5.74, 6) is -4.92. The highest BCUT2D eigenvalue weighted by atomic mass is 16.6. The van der Waals surface area contributed by atoms with Gasteiger partial charge in [0.1, 0.15) is 62.8 Å². The summed E-state index contributed by atoms with van der Waals surface area (Å²) in [6, 6.07) is -0.471. The third kappa shape index (κ3) is 15.5. The molecular weight excluding hydrogens is 752 g/mol. The van der Waals surface area contributed by atoms with Gasteiger partial charge in [-0.3, -0.25) is 0 Å². The molecule has 0 spiro atoms. The van der Waals surface area contributed by atoms with E-state index in [0.717, 1.165) is 36.5 Å². The molecule has 1 aliphatic carbocycles. The Kier molecular flexibility index (Phi) is 17.5. The van der Waals surface area contributed by atoms with Crippen LogP contribution in [0.15, 0.2) is 75.1 Å². The second-order valence-corrected chi connectivity index (χ2v) is 14.7. The van der Waals surface area contributed by atoms with Gasteiger partial charge >= 0.3 is 48.0 Å². The number of nitrogens with one attached hydrogen (secondary N) is 2. The van der Waals surface area contributed by atoms with Crippen LogP contribution >= 0.6 is 0 Å². The average Bonchev–Trinajstić information content (AvgIpc) is 3.16. The van der Waals surface area contributed by atoms with E-state index < -0.39 is 117 Å². The zero-order chi connectivity index (χ0) is 42.9. The lowest BCUT2D eigenvalue weighted by molar-refractivity contribution is -0.160.